The molecular weight excluding hydrogens is 446 g/mol. The molecule has 35 heavy (non-hydrogen) atoms. The Kier molecular flexibility index (Phi) is 7.35. The van der Waals surface area contributed by atoms with Crippen molar-refractivity contribution in [1.82, 2.24) is 4.98 Å². The van der Waals surface area contributed by atoms with Gasteiger partial charge in [-0.15, -0.1) is 0 Å². The van der Waals surface area contributed by atoms with E-state index in [1.807, 2.05) is 31.2 Å². The number of Topliss-reactive ketones (excluding diaryl/α,β-unsaturated/α-hetero) is 1. The van der Waals surface area contributed by atoms with Crippen LogP contribution in [0.1, 0.15) is 35.2 Å². The van der Waals surface area contributed by atoms with Crippen LogP contribution in [0.15, 0.2) is 65.1 Å². The summed E-state index contributed by atoms with van der Waals surface area (Å²) in [5.41, 5.74) is 2.60. The van der Waals surface area contributed by atoms with Gasteiger partial charge in [-0.05, 0) is 55.0 Å². The number of carbonyl (C=O) groups is 1. The second kappa shape index (κ2) is 10.8. The van der Waals surface area contributed by atoms with Crippen LogP contribution >= 0.6 is 0 Å². The zero-order valence-corrected chi connectivity index (χ0v) is 20.2. The van der Waals surface area contributed by atoms with Gasteiger partial charge in [-0.25, -0.2) is 4.98 Å². The lowest BCUT2D eigenvalue weighted by Crippen LogP contribution is -2.04. The third-order valence-corrected chi connectivity index (χ3v) is 5.39. The molecular formula is C28H27NO6. The van der Waals surface area contributed by atoms with E-state index in [9.17, 15) is 4.79 Å². The first-order valence-electron chi connectivity index (χ1n) is 11.2. The largest absolute Gasteiger partial charge is 0.496 e. The van der Waals surface area contributed by atoms with Gasteiger partial charge < -0.3 is 23.4 Å². The normalized spacial score (nSPS) is 11.4. The van der Waals surface area contributed by atoms with Crippen molar-refractivity contribution in [1.29, 1.82) is 0 Å². The van der Waals surface area contributed by atoms with E-state index in [-0.39, 0.29) is 17.2 Å². The van der Waals surface area contributed by atoms with Crippen LogP contribution in [0.5, 0.6) is 23.0 Å². The summed E-state index contributed by atoms with van der Waals surface area (Å²) in [5, 5.41) is 0. The van der Waals surface area contributed by atoms with E-state index in [0.717, 1.165) is 6.42 Å². The van der Waals surface area contributed by atoms with E-state index < -0.39 is 0 Å². The molecule has 0 saturated carbocycles. The fourth-order valence-corrected chi connectivity index (χ4v) is 3.61. The Labute approximate surface area is 203 Å². The minimum absolute atomic E-state index is 0.208. The van der Waals surface area contributed by atoms with Gasteiger partial charge in [-0.3, -0.25) is 4.79 Å². The molecule has 1 aromatic heterocycles. The van der Waals surface area contributed by atoms with Crippen LogP contribution < -0.4 is 18.9 Å². The van der Waals surface area contributed by atoms with E-state index in [1.54, 1.807) is 63.8 Å². The van der Waals surface area contributed by atoms with Crippen LogP contribution in [0.3, 0.4) is 0 Å². The predicted molar refractivity (Wildman–Crippen MR) is 135 cm³/mol. The minimum Gasteiger partial charge on any atom is -0.496 e. The van der Waals surface area contributed by atoms with Gasteiger partial charge in [0.1, 0.15) is 17.0 Å². The van der Waals surface area contributed by atoms with Gasteiger partial charge in [0.2, 0.25) is 5.89 Å². The molecule has 0 aliphatic carbocycles. The lowest BCUT2D eigenvalue weighted by Gasteiger charge is -2.13. The Morgan fingerprint density at radius 1 is 0.914 bits per heavy atom. The molecule has 0 radical (unpaired) electrons. The number of oxazole rings is 1. The number of allylic oxidation sites excluding steroid dienone is 1. The van der Waals surface area contributed by atoms with Crippen LogP contribution in [0.2, 0.25) is 0 Å². The van der Waals surface area contributed by atoms with Crippen molar-refractivity contribution in [3.8, 4) is 23.0 Å². The molecule has 3 aromatic carbocycles. The van der Waals surface area contributed by atoms with Crippen molar-refractivity contribution < 1.29 is 28.2 Å². The quantitative estimate of drug-likeness (QED) is 0.204. The summed E-state index contributed by atoms with van der Waals surface area (Å²) in [7, 11) is 4.65. The zero-order chi connectivity index (χ0) is 24.8. The Morgan fingerprint density at radius 3 is 2.26 bits per heavy atom. The topological polar surface area (TPSA) is 80.0 Å². The van der Waals surface area contributed by atoms with Crippen molar-refractivity contribution in [3.63, 3.8) is 0 Å². The van der Waals surface area contributed by atoms with Gasteiger partial charge in [0, 0.05) is 17.2 Å². The Hall–Kier alpha value is -4.26. The molecule has 0 amide bonds. The number of ketones is 1. The fourth-order valence-electron chi connectivity index (χ4n) is 3.61. The number of para-hydroxylation sites is 2. The molecule has 0 fully saturated rings. The minimum atomic E-state index is -0.254. The number of hydrogen-bond donors (Lipinski definition) is 0. The monoisotopic (exact) mass is 473 g/mol. The fraction of sp³-hybridized carbons (Fsp3) is 0.214. The molecule has 4 aromatic rings. The molecule has 0 spiro atoms. The highest BCUT2D eigenvalue weighted by atomic mass is 16.5. The third-order valence-electron chi connectivity index (χ3n) is 5.39. The molecule has 0 aliphatic heterocycles. The molecule has 7 nitrogen and oxygen atoms in total. The second-order valence-corrected chi connectivity index (χ2v) is 7.70. The first kappa shape index (κ1) is 23.9. The van der Waals surface area contributed by atoms with Crippen molar-refractivity contribution in [2.45, 2.75) is 13.3 Å². The first-order valence-corrected chi connectivity index (χ1v) is 11.2. The number of methoxy groups -OCH3 is 3. The summed E-state index contributed by atoms with van der Waals surface area (Å²) in [6.07, 6.45) is 2.59. The molecule has 0 saturated heterocycles. The van der Waals surface area contributed by atoms with Gasteiger partial charge in [0.15, 0.2) is 22.9 Å². The number of rotatable bonds is 10. The molecule has 4 rings (SSSR count). The third kappa shape index (κ3) is 5.14. The average molecular weight is 474 g/mol. The van der Waals surface area contributed by atoms with Crippen LogP contribution in [0, 0.1) is 0 Å². The summed E-state index contributed by atoms with van der Waals surface area (Å²) in [6, 6.07) is 17.8. The van der Waals surface area contributed by atoms with Gasteiger partial charge in [0.05, 0.1) is 33.5 Å². The lowest BCUT2D eigenvalue weighted by molar-refractivity contribution is 0.105. The van der Waals surface area contributed by atoms with Crippen molar-refractivity contribution >= 4 is 28.5 Å². The van der Waals surface area contributed by atoms with Crippen LogP contribution in [-0.4, -0.2) is 38.7 Å². The number of carbonyl (C=O) groups excluding carboxylic acids is 1. The van der Waals surface area contributed by atoms with E-state index in [0.29, 0.717) is 51.8 Å². The van der Waals surface area contributed by atoms with Crippen LogP contribution in [0.25, 0.3) is 22.7 Å². The number of aromatic nitrogens is 1. The number of hydrogen-bond acceptors (Lipinski definition) is 7. The SMILES string of the molecule is CCCOc1ccc(C(=O)/C(=C/c2cc(OC)c(OC)cc2OC)c2nc3ccccc3o2)cc1. The summed E-state index contributed by atoms with van der Waals surface area (Å²) in [5.74, 6) is 2.18. The van der Waals surface area contributed by atoms with E-state index >= 15 is 0 Å². The summed E-state index contributed by atoms with van der Waals surface area (Å²) < 4.78 is 28.0. The maximum absolute atomic E-state index is 13.7. The Balaban J connectivity index is 1.84. The molecule has 0 bridgehead atoms. The number of fused-ring (bicyclic) bond motifs is 1. The lowest BCUT2D eigenvalue weighted by atomic mass is 10.00. The smallest absolute Gasteiger partial charge is 0.231 e. The predicted octanol–water partition coefficient (Wildman–Crippen LogP) is 6.07. The van der Waals surface area contributed by atoms with E-state index in [2.05, 4.69) is 4.98 Å². The van der Waals surface area contributed by atoms with Gasteiger partial charge in [-0.2, -0.15) is 0 Å². The molecule has 1 heterocycles. The molecule has 7 heteroatoms. The summed E-state index contributed by atoms with van der Waals surface area (Å²) in [6.45, 7) is 2.65. The summed E-state index contributed by atoms with van der Waals surface area (Å²) in [4.78, 5) is 18.3. The van der Waals surface area contributed by atoms with E-state index in [1.165, 1.54) is 0 Å². The van der Waals surface area contributed by atoms with Crippen molar-refractivity contribution in [2.75, 3.05) is 27.9 Å². The van der Waals surface area contributed by atoms with Crippen LogP contribution in [0.4, 0.5) is 0 Å². The molecule has 0 aliphatic rings. The van der Waals surface area contributed by atoms with Crippen molar-refractivity contribution in [2.24, 2.45) is 0 Å². The average Bonchev–Trinajstić information content (AvgIpc) is 3.34. The standard InChI is InChI=1S/C28H27NO6/c1-5-14-34-20-12-10-18(11-13-20)27(30)21(28-29-22-8-6-7-9-23(22)35-28)15-19-16-25(32-3)26(33-4)17-24(19)31-2/h6-13,15-17H,5,14H2,1-4H3/b21-15-. The van der Waals surface area contributed by atoms with Gasteiger partial charge in [-0.1, -0.05) is 19.1 Å². The summed E-state index contributed by atoms with van der Waals surface area (Å²) >= 11 is 0. The molecule has 180 valence electrons. The Morgan fingerprint density at radius 2 is 1.60 bits per heavy atom. The van der Waals surface area contributed by atoms with E-state index in [4.69, 9.17) is 23.4 Å². The maximum Gasteiger partial charge on any atom is 0.231 e. The van der Waals surface area contributed by atoms with Gasteiger partial charge in [0.25, 0.3) is 0 Å². The molecule has 0 N–H and O–H groups in total. The highest BCUT2D eigenvalue weighted by Crippen LogP contribution is 2.37. The second-order valence-electron chi connectivity index (χ2n) is 7.70. The number of ether oxygens (including phenoxy) is 4. The zero-order valence-electron chi connectivity index (χ0n) is 20.2. The van der Waals surface area contributed by atoms with Crippen LogP contribution in [-0.2, 0) is 0 Å². The first-order chi connectivity index (χ1) is 17.1. The molecule has 0 atom stereocenters. The highest BCUT2D eigenvalue weighted by molar-refractivity contribution is 6.31. The molecule has 0 unspecified atom stereocenters. The van der Waals surface area contributed by atoms with Crippen molar-refractivity contribution in [3.05, 3.63) is 77.7 Å². The highest BCUT2D eigenvalue weighted by Gasteiger charge is 2.22. The maximum atomic E-state index is 13.7. The number of nitrogens with zero attached hydrogens (tertiary/aromatic N) is 1. The Bertz CT molecular complexity index is 1320. The number of benzene rings is 3. The van der Waals surface area contributed by atoms with Gasteiger partial charge >= 0.3 is 0 Å².